The first-order valence-electron chi connectivity index (χ1n) is 9.86. The van der Waals surface area contributed by atoms with Crippen LogP contribution < -0.4 is 0 Å². The van der Waals surface area contributed by atoms with Gasteiger partial charge in [0.1, 0.15) is 29.0 Å². The van der Waals surface area contributed by atoms with Gasteiger partial charge in [-0.2, -0.15) is 0 Å². The number of hydrogen-bond donors (Lipinski definition) is 5. The summed E-state index contributed by atoms with van der Waals surface area (Å²) in [4.78, 5) is 37.0. The number of hydrogen-bond acceptors (Lipinski definition) is 9. The van der Waals surface area contributed by atoms with E-state index in [1.165, 1.54) is 13.8 Å². The molecular formula is C20H28O9. The third-order valence-electron chi connectivity index (χ3n) is 7.50. The number of aliphatic hydroxyl groups excluding tert-OH is 2. The molecule has 29 heavy (non-hydrogen) atoms. The highest BCUT2D eigenvalue weighted by molar-refractivity contribution is 6.03. The van der Waals surface area contributed by atoms with Gasteiger partial charge in [-0.1, -0.05) is 6.92 Å². The van der Waals surface area contributed by atoms with Crippen LogP contribution in [0.15, 0.2) is 11.6 Å². The molecule has 5 N–H and O–H groups in total. The third kappa shape index (κ3) is 2.40. The lowest BCUT2D eigenvalue weighted by Gasteiger charge is -2.58. The zero-order valence-electron chi connectivity index (χ0n) is 16.8. The van der Waals surface area contributed by atoms with Crippen molar-refractivity contribution in [3.8, 4) is 0 Å². The van der Waals surface area contributed by atoms with Gasteiger partial charge in [-0.3, -0.25) is 9.59 Å². The smallest absolute Gasteiger partial charge is 0.203 e. The van der Waals surface area contributed by atoms with Gasteiger partial charge in [-0.05, 0) is 33.3 Å². The van der Waals surface area contributed by atoms with Crippen molar-refractivity contribution in [1.82, 2.24) is 0 Å². The van der Waals surface area contributed by atoms with Crippen LogP contribution in [0.2, 0.25) is 0 Å². The average molecular weight is 412 g/mol. The molecule has 1 aliphatic heterocycles. The minimum Gasteiger partial charge on any atom is -0.396 e. The number of aliphatic hydroxyl groups is 5. The summed E-state index contributed by atoms with van der Waals surface area (Å²) in [6.45, 7) is 5.33. The van der Waals surface area contributed by atoms with Crippen LogP contribution in [0.3, 0.4) is 0 Å². The van der Waals surface area contributed by atoms with Crippen LogP contribution in [-0.2, 0) is 19.4 Å². The van der Waals surface area contributed by atoms with Gasteiger partial charge in [0, 0.05) is 29.9 Å². The van der Waals surface area contributed by atoms with E-state index in [1.807, 2.05) is 0 Å². The highest BCUT2D eigenvalue weighted by Crippen LogP contribution is 2.60. The molecule has 0 radical (unpaired) electrons. The number of Topliss-reactive ketones (excluding diaryl/α,β-unsaturated/α-hetero) is 2. The molecule has 1 saturated heterocycles. The van der Waals surface area contributed by atoms with Crippen molar-refractivity contribution in [1.29, 1.82) is 0 Å². The maximum Gasteiger partial charge on any atom is 0.203 e. The number of fused-ring (bicyclic) bond motifs is 2. The highest BCUT2D eigenvalue weighted by Gasteiger charge is 2.74. The molecular weight excluding hydrogens is 384 g/mol. The zero-order chi connectivity index (χ0) is 21.7. The van der Waals surface area contributed by atoms with Crippen LogP contribution in [0.4, 0.5) is 0 Å². The number of carbonyl (C=O) groups is 2. The minimum atomic E-state index is -2.28. The van der Waals surface area contributed by atoms with Gasteiger partial charge in [0.05, 0.1) is 5.92 Å². The first-order chi connectivity index (χ1) is 13.2. The first-order valence-corrected chi connectivity index (χ1v) is 9.86. The molecule has 3 fully saturated rings. The fraction of sp³-hybridized carbons (Fsp3) is 0.800. The lowest BCUT2D eigenvalue weighted by Crippen LogP contribution is -2.71. The second-order valence-electron chi connectivity index (χ2n) is 9.75. The van der Waals surface area contributed by atoms with Crippen molar-refractivity contribution in [3.05, 3.63) is 11.6 Å². The van der Waals surface area contributed by atoms with Crippen LogP contribution in [-0.4, -0.2) is 78.3 Å². The fourth-order valence-electron chi connectivity index (χ4n) is 6.03. The molecule has 9 nitrogen and oxygen atoms in total. The molecule has 4 rings (SSSR count). The monoisotopic (exact) mass is 412 g/mol. The van der Waals surface area contributed by atoms with E-state index in [2.05, 4.69) is 0 Å². The molecule has 0 aromatic carbocycles. The number of carbonyl (C=O) groups excluding carboxylic acids is 2. The Labute approximate surface area is 167 Å². The summed E-state index contributed by atoms with van der Waals surface area (Å²) in [5, 5.41) is 54.7. The third-order valence-corrected chi connectivity index (χ3v) is 7.50. The molecule has 9 heteroatoms. The molecule has 3 aliphatic carbocycles. The first kappa shape index (κ1) is 21.0. The molecule has 0 aromatic heterocycles. The highest BCUT2D eigenvalue weighted by atomic mass is 17.2. The molecule has 9 atom stereocenters. The SMILES string of the molecule is C[C@@H]1[C@H](O)C(=O)[C@@H]2[C@@H]3[C@H](OOC2(C)C)[C@H](CO)C[C@]2(O)C(=O)[C@](C)(O)C=C2[C@@]31O. The van der Waals surface area contributed by atoms with Gasteiger partial charge < -0.3 is 25.5 Å². The van der Waals surface area contributed by atoms with E-state index in [9.17, 15) is 35.1 Å². The van der Waals surface area contributed by atoms with Crippen LogP contribution in [0.1, 0.15) is 34.1 Å². The van der Waals surface area contributed by atoms with Crippen molar-refractivity contribution in [2.24, 2.45) is 23.7 Å². The van der Waals surface area contributed by atoms with Crippen molar-refractivity contribution in [2.75, 3.05) is 6.61 Å². The zero-order valence-corrected chi connectivity index (χ0v) is 16.8. The molecule has 0 unspecified atom stereocenters. The van der Waals surface area contributed by atoms with Crippen LogP contribution in [0.25, 0.3) is 0 Å². The number of rotatable bonds is 1. The van der Waals surface area contributed by atoms with Gasteiger partial charge >= 0.3 is 0 Å². The van der Waals surface area contributed by atoms with E-state index >= 15 is 0 Å². The number of ketones is 2. The molecule has 2 saturated carbocycles. The van der Waals surface area contributed by atoms with E-state index in [0.717, 1.165) is 6.08 Å². The van der Waals surface area contributed by atoms with E-state index in [1.54, 1.807) is 13.8 Å². The Balaban J connectivity index is 2.03. The summed E-state index contributed by atoms with van der Waals surface area (Å²) in [6, 6.07) is 0. The van der Waals surface area contributed by atoms with E-state index < -0.39 is 76.5 Å². The van der Waals surface area contributed by atoms with Gasteiger partial charge in [-0.25, -0.2) is 9.78 Å². The molecule has 1 heterocycles. The Morgan fingerprint density at radius 2 is 1.79 bits per heavy atom. The Morgan fingerprint density at radius 3 is 2.38 bits per heavy atom. The summed E-state index contributed by atoms with van der Waals surface area (Å²) in [5.41, 5.74) is -7.76. The second kappa shape index (κ2) is 5.94. The summed E-state index contributed by atoms with van der Waals surface area (Å²) in [6.07, 6.45) is -1.82. The van der Waals surface area contributed by atoms with Crippen molar-refractivity contribution >= 4 is 11.6 Å². The fourth-order valence-corrected chi connectivity index (χ4v) is 6.03. The maximum atomic E-state index is 13.1. The molecule has 0 amide bonds. The standard InChI is InChI=1S/C20H28O9/c1-8-13(22)14(23)11-12-15(28-29-17(11,2)3)9(7-21)5-19(26)10(20(8,12)27)6-18(4,25)16(19)24/h6,8-9,11-13,15,21-22,25-27H,5,7H2,1-4H3/t8-,9+,11+,12-,13+,15-,18-,19-,20-/m1/s1. The summed E-state index contributed by atoms with van der Waals surface area (Å²) in [7, 11) is 0. The molecule has 162 valence electrons. The average Bonchev–Trinajstić information content (AvgIpc) is 2.77. The van der Waals surface area contributed by atoms with Crippen LogP contribution in [0.5, 0.6) is 0 Å². The van der Waals surface area contributed by atoms with E-state index in [4.69, 9.17) is 9.78 Å². The van der Waals surface area contributed by atoms with Crippen LogP contribution >= 0.6 is 0 Å². The van der Waals surface area contributed by atoms with Crippen molar-refractivity contribution in [2.45, 2.75) is 68.7 Å². The summed E-state index contributed by atoms with van der Waals surface area (Å²) < 4.78 is 0. The molecule has 0 spiro atoms. The molecule has 0 aromatic rings. The Bertz CT molecular complexity index is 802. The molecule has 0 bridgehead atoms. The van der Waals surface area contributed by atoms with E-state index in [0.29, 0.717) is 0 Å². The largest absolute Gasteiger partial charge is 0.396 e. The minimum absolute atomic E-state index is 0.156. The second-order valence-corrected chi connectivity index (χ2v) is 9.75. The Morgan fingerprint density at radius 1 is 1.17 bits per heavy atom. The quantitative estimate of drug-likeness (QED) is 0.260. The molecule has 4 aliphatic rings. The van der Waals surface area contributed by atoms with Gasteiger partial charge in [-0.15, -0.1) is 0 Å². The lowest BCUT2D eigenvalue weighted by atomic mass is 9.53. The van der Waals surface area contributed by atoms with Gasteiger partial charge in [0.2, 0.25) is 5.78 Å². The normalized spacial score (nSPS) is 53.8. The summed E-state index contributed by atoms with van der Waals surface area (Å²) >= 11 is 0. The maximum absolute atomic E-state index is 13.1. The Hall–Kier alpha value is -1.20. The van der Waals surface area contributed by atoms with Crippen molar-refractivity contribution < 1.29 is 44.9 Å². The van der Waals surface area contributed by atoms with Gasteiger partial charge in [0.25, 0.3) is 0 Å². The topological polar surface area (TPSA) is 154 Å². The lowest BCUT2D eigenvalue weighted by molar-refractivity contribution is -0.444. The van der Waals surface area contributed by atoms with Gasteiger partial charge in [0.15, 0.2) is 11.4 Å². The predicted octanol–water partition coefficient (Wildman–Crippen LogP) is -1.36. The predicted molar refractivity (Wildman–Crippen MR) is 96.0 cm³/mol. The van der Waals surface area contributed by atoms with E-state index in [-0.39, 0.29) is 12.0 Å². The van der Waals surface area contributed by atoms with Crippen LogP contribution in [0, 0.1) is 23.7 Å². The summed E-state index contributed by atoms with van der Waals surface area (Å²) in [5.74, 6) is -5.49. The Kier molecular flexibility index (Phi) is 4.31. The van der Waals surface area contributed by atoms with Crippen molar-refractivity contribution in [3.63, 3.8) is 0 Å².